The van der Waals surface area contributed by atoms with Crippen LogP contribution in [0.4, 0.5) is 0 Å². The van der Waals surface area contributed by atoms with Gasteiger partial charge in [-0.1, -0.05) is 12.1 Å². The summed E-state index contributed by atoms with van der Waals surface area (Å²) in [6.45, 7) is 2.67. The second-order valence-corrected chi connectivity index (χ2v) is 4.55. The first-order valence-corrected chi connectivity index (χ1v) is 5.47. The van der Waals surface area contributed by atoms with Crippen molar-refractivity contribution >= 4 is 16.9 Å². The Morgan fingerprint density at radius 3 is 3.00 bits per heavy atom. The Balaban J connectivity index is 2.13. The maximum atomic E-state index is 11.0. The van der Waals surface area contributed by atoms with Crippen molar-refractivity contribution in [1.82, 2.24) is 4.57 Å². The number of benzene rings is 1. The number of carboxylic acid groups (broad SMARTS) is 1. The second-order valence-electron chi connectivity index (χ2n) is 4.55. The molecule has 0 saturated heterocycles. The Labute approximate surface area is 93.3 Å². The lowest BCUT2D eigenvalue weighted by Gasteiger charge is -2.04. The van der Waals surface area contributed by atoms with Crippen LogP contribution in [0.1, 0.15) is 11.3 Å². The van der Waals surface area contributed by atoms with Crippen LogP contribution >= 0.6 is 0 Å². The van der Waals surface area contributed by atoms with Crippen molar-refractivity contribution in [3.05, 3.63) is 35.5 Å². The molecule has 3 nitrogen and oxygen atoms in total. The molecular weight excluding hydrogens is 202 g/mol. The molecule has 0 amide bonds. The fraction of sp³-hybridized carbons (Fsp3) is 0.308. The number of aromatic nitrogens is 1. The number of hydrogen-bond donors (Lipinski definition) is 1. The first kappa shape index (κ1) is 9.46. The normalized spacial score (nSPS) is 18.9. The van der Waals surface area contributed by atoms with Crippen molar-refractivity contribution in [1.29, 1.82) is 0 Å². The molecule has 1 aliphatic heterocycles. The highest BCUT2D eigenvalue weighted by molar-refractivity contribution is 5.83. The Morgan fingerprint density at radius 1 is 1.44 bits per heavy atom. The number of aryl methyl sites for hydroxylation is 1. The standard InChI is InChI=1S/C13H13NO2/c1-8-2-3-9-5-11-6-10(13(15)16)7-14(11)12(9)4-8/h2-5,10H,6-7H2,1H3,(H,15,16). The predicted octanol–water partition coefficient (Wildman–Crippen LogP) is 2.21. The van der Waals surface area contributed by atoms with Crippen LogP contribution in [-0.2, 0) is 17.8 Å². The molecular formula is C13H13NO2. The SMILES string of the molecule is Cc1ccc2cc3n(c2c1)CC(C(=O)O)C3. The zero-order chi connectivity index (χ0) is 11.3. The van der Waals surface area contributed by atoms with Crippen molar-refractivity contribution in [2.24, 2.45) is 5.92 Å². The van der Waals surface area contributed by atoms with Crippen LogP contribution in [0.15, 0.2) is 24.3 Å². The molecule has 82 valence electrons. The lowest BCUT2D eigenvalue weighted by atomic mass is 10.1. The van der Waals surface area contributed by atoms with Gasteiger partial charge in [-0.2, -0.15) is 0 Å². The van der Waals surface area contributed by atoms with Crippen LogP contribution in [0.3, 0.4) is 0 Å². The fourth-order valence-electron chi connectivity index (χ4n) is 2.51. The highest BCUT2D eigenvalue weighted by Gasteiger charge is 2.28. The van der Waals surface area contributed by atoms with E-state index in [1.807, 2.05) is 0 Å². The molecule has 0 fully saturated rings. The zero-order valence-corrected chi connectivity index (χ0v) is 9.10. The van der Waals surface area contributed by atoms with Crippen molar-refractivity contribution in [2.75, 3.05) is 0 Å². The summed E-state index contributed by atoms with van der Waals surface area (Å²) in [4.78, 5) is 11.0. The van der Waals surface area contributed by atoms with Crippen molar-refractivity contribution in [3.63, 3.8) is 0 Å². The van der Waals surface area contributed by atoms with E-state index in [0.29, 0.717) is 13.0 Å². The van der Waals surface area contributed by atoms with E-state index in [9.17, 15) is 4.79 Å². The molecule has 1 atom stereocenters. The molecule has 16 heavy (non-hydrogen) atoms. The number of hydrogen-bond acceptors (Lipinski definition) is 1. The Hall–Kier alpha value is -1.77. The monoisotopic (exact) mass is 215 g/mol. The summed E-state index contributed by atoms with van der Waals surface area (Å²) < 4.78 is 2.14. The van der Waals surface area contributed by atoms with Crippen LogP contribution in [0.5, 0.6) is 0 Å². The summed E-state index contributed by atoms with van der Waals surface area (Å²) in [6, 6.07) is 8.43. The van der Waals surface area contributed by atoms with Gasteiger partial charge < -0.3 is 9.67 Å². The van der Waals surface area contributed by atoms with E-state index < -0.39 is 5.97 Å². The smallest absolute Gasteiger partial charge is 0.308 e. The molecule has 1 aromatic carbocycles. The molecule has 0 radical (unpaired) electrons. The molecule has 3 rings (SSSR count). The largest absolute Gasteiger partial charge is 0.481 e. The Kier molecular flexibility index (Phi) is 1.84. The minimum Gasteiger partial charge on any atom is -0.481 e. The van der Waals surface area contributed by atoms with E-state index >= 15 is 0 Å². The molecule has 3 heteroatoms. The van der Waals surface area contributed by atoms with Gasteiger partial charge in [0.1, 0.15) is 0 Å². The number of carbonyl (C=O) groups is 1. The summed E-state index contributed by atoms with van der Waals surface area (Å²) >= 11 is 0. The van der Waals surface area contributed by atoms with E-state index in [1.54, 1.807) is 0 Å². The predicted molar refractivity (Wildman–Crippen MR) is 61.5 cm³/mol. The second kappa shape index (κ2) is 3.11. The molecule has 2 heterocycles. The third kappa shape index (κ3) is 1.24. The lowest BCUT2D eigenvalue weighted by Crippen LogP contribution is -2.14. The van der Waals surface area contributed by atoms with Gasteiger partial charge >= 0.3 is 5.97 Å². The van der Waals surface area contributed by atoms with Gasteiger partial charge in [-0.05, 0) is 30.0 Å². The number of rotatable bonds is 1. The van der Waals surface area contributed by atoms with Gasteiger partial charge in [-0.15, -0.1) is 0 Å². The maximum absolute atomic E-state index is 11.0. The van der Waals surface area contributed by atoms with Gasteiger partial charge in [0.05, 0.1) is 5.92 Å². The van der Waals surface area contributed by atoms with Gasteiger partial charge in [-0.3, -0.25) is 4.79 Å². The van der Waals surface area contributed by atoms with Gasteiger partial charge in [-0.25, -0.2) is 0 Å². The van der Waals surface area contributed by atoms with Crippen LogP contribution in [0.25, 0.3) is 10.9 Å². The molecule has 1 aromatic heterocycles. The Bertz CT molecular complexity index is 583. The average molecular weight is 215 g/mol. The summed E-state index contributed by atoms with van der Waals surface area (Å²) in [7, 11) is 0. The number of carboxylic acids is 1. The topological polar surface area (TPSA) is 42.2 Å². The highest BCUT2D eigenvalue weighted by atomic mass is 16.4. The third-order valence-corrected chi connectivity index (χ3v) is 3.35. The van der Waals surface area contributed by atoms with Crippen molar-refractivity contribution in [3.8, 4) is 0 Å². The van der Waals surface area contributed by atoms with Crippen LogP contribution < -0.4 is 0 Å². The third-order valence-electron chi connectivity index (χ3n) is 3.35. The number of aliphatic carboxylic acids is 1. The molecule has 0 spiro atoms. The van der Waals surface area contributed by atoms with Gasteiger partial charge in [0.15, 0.2) is 0 Å². The zero-order valence-electron chi connectivity index (χ0n) is 9.10. The summed E-state index contributed by atoms with van der Waals surface area (Å²) in [6.07, 6.45) is 0.656. The van der Waals surface area contributed by atoms with Crippen LogP contribution in [0, 0.1) is 12.8 Å². The van der Waals surface area contributed by atoms with E-state index in [-0.39, 0.29) is 5.92 Å². The van der Waals surface area contributed by atoms with E-state index in [0.717, 1.165) is 5.69 Å². The van der Waals surface area contributed by atoms with E-state index in [1.165, 1.54) is 16.5 Å². The summed E-state index contributed by atoms with van der Waals surface area (Å²) in [5.74, 6) is -0.940. The molecule has 1 N–H and O–H groups in total. The van der Waals surface area contributed by atoms with Crippen LogP contribution in [0.2, 0.25) is 0 Å². The fourth-order valence-corrected chi connectivity index (χ4v) is 2.51. The summed E-state index contributed by atoms with van der Waals surface area (Å²) in [5, 5.41) is 10.2. The van der Waals surface area contributed by atoms with Gasteiger partial charge in [0.2, 0.25) is 0 Å². The molecule has 1 aliphatic rings. The molecule has 0 aliphatic carbocycles. The first-order chi connectivity index (χ1) is 7.65. The minimum atomic E-state index is -0.690. The van der Waals surface area contributed by atoms with Crippen molar-refractivity contribution in [2.45, 2.75) is 19.9 Å². The number of fused-ring (bicyclic) bond motifs is 3. The molecule has 2 aromatic rings. The van der Waals surface area contributed by atoms with Crippen molar-refractivity contribution < 1.29 is 9.90 Å². The molecule has 1 unspecified atom stereocenters. The van der Waals surface area contributed by atoms with E-state index in [4.69, 9.17) is 5.11 Å². The minimum absolute atomic E-state index is 0.250. The lowest BCUT2D eigenvalue weighted by molar-refractivity contribution is -0.141. The highest BCUT2D eigenvalue weighted by Crippen LogP contribution is 2.29. The van der Waals surface area contributed by atoms with Gasteiger partial charge in [0.25, 0.3) is 0 Å². The first-order valence-electron chi connectivity index (χ1n) is 5.47. The molecule has 0 saturated carbocycles. The van der Waals surface area contributed by atoms with E-state index in [2.05, 4.69) is 35.8 Å². The summed E-state index contributed by atoms with van der Waals surface area (Å²) in [5.41, 5.74) is 3.53. The van der Waals surface area contributed by atoms with Crippen LogP contribution in [-0.4, -0.2) is 15.6 Å². The average Bonchev–Trinajstić information content (AvgIpc) is 2.75. The quantitative estimate of drug-likeness (QED) is 0.792. The van der Waals surface area contributed by atoms with Gasteiger partial charge in [0, 0.05) is 24.2 Å². The maximum Gasteiger partial charge on any atom is 0.308 e. The number of nitrogens with zero attached hydrogens (tertiary/aromatic N) is 1. The molecule has 0 bridgehead atoms. The Morgan fingerprint density at radius 2 is 2.25 bits per heavy atom.